The summed E-state index contributed by atoms with van der Waals surface area (Å²) in [6.45, 7) is 1.84. The Morgan fingerprint density at radius 3 is 2.48 bits per heavy atom. The van der Waals surface area contributed by atoms with Crippen LogP contribution in [0.4, 0.5) is 4.39 Å². The fourth-order valence-corrected chi connectivity index (χ4v) is 5.79. The zero-order chi connectivity index (χ0) is 18.2. The molecular formula is C19H18FNO3S. The number of halogens is 1. The number of hydrogen-bond donors (Lipinski definition) is 0. The van der Waals surface area contributed by atoms with Crippen LogP contribution < -0.4 is 0 Å². The predicted molar refractivity (Wildman–Crippen MR) is 91.2 cm³/mol. The molecule has 6 heteroatoms. The number of nitrogens with zero attached hydrogens (tertiary/aromatic N) is 1. The molecule has 25 heavy (non-hydrogen) atoms. The molecule has 0 saturated heterocycles. The molecule has 130 valence electrons. The first-order valence-corrected chi connectivity index (χ1v) is 9.37. The van der Waals surface area contributed by atoms with E-state index in [1.54, 1.807) is 30.3 Å². The van der Waals surface area contributed by atoms with E-state index in [9.17, 15) is 18.1 Å². The number of hydrogen-bond acceptors (Lipinski definition) is 4. The summed E-state index contributed by atoms with van der Waals surface area (Å²) in [5, 5.41) is 8.76. The average molecular weight is 359 g/mol. The van der Waals surface area contributed by atoms with Crippen LogP contribution in [-0.2, 0) is 14.6 Å². The lowest BCUT2D eigenvalue weighted by atomic mass is 10.0. The van der Waals surface area contributed by atoms with Crippen molar-refractivity contribution in [3.63, 3.8) is 0 Å². The second kappa shape index (κ2) is 6.25. The highest BCUT2D eigenvalue weighted by molar-refractivity contribution is 7.92. The highest BCUT2D eigenvalue weighted by Gasteiger charge is 2.72. The molecule has 2 aromatic carbocycles. The number of rotatable bonds is 5. The van der Waals surface area contributed by atoms with E-state index in [0.717, 1.165) is 5.56 Å². The average Bonchev–Trinajstić information content (AvgIpc) is 3.26. The maximum absolute atomic E-state index is 13.6. The standard InChI is InChI=1S/C19H18FNO3S/c1-13-6-8-16(9-7-13)25(22,23)18-17(19(18,11-21)12-24-2)14-4-3-5-15(20)10-14/h3-10,17-18H,12H2,1-2H3/t17-,18+,19+/m0/s1. The first kappa shape index (κ1) is 17.6. The van der Waals surface area contributed by atoms with Crippen LogP contribution in [0.1, 0.15) is 17.0 Å². The second-order valence-corrected chi connectivity index (χ2v) is 8.47. The van der Waals surface area contributed by atoms with Gasteiger partial charge in [-0.1, -0.05) is 29.8 Å². The van der Waals surface area contributed by atoms with Gasteiger partial charge in [0.15, 0.2) is 9.84 Å². The molecule has 0 aromatic heterocycles. The van der Waals surface area contributed by atoms with Crippen molar-refractivity contribution in [3.8, 4) is 6.07 Å². The number of benzene rings is 2. The molecule has 4 nitrogen and oxygen atoms in total. The lowest BCUT2D eigenvalue weighted by Crippen LogP contribution is -2.19. The molecule has 0 radical (unpaired) electrons. The Morgan fingerprint density at radius 1 is 1.24 bits per heavy atom. The van der Waals surface area contributed by atoms with E-state index in [2.05, 4.69) is 6.07 Å². The summed E-state index contributed by atoms with van der Waals surface area (Å²) in [5.74, 6) is -1.08. The number of ether oxygens (including phenoxy) is 1. The number of sulfone groups is 1. The fraction of sp³-hybridized carbons (Fsp3) is 0.316. The quantitative estimate of drug-likeness (QED) is 0.822. The van der Waals surface area contributed by atoms with Gasteiger partial charge in [0, 0.05) is 13.0 Å². The third kappa shape index (κ3) is 2.84. The first-order chi connectivity index (χ1) is 11.9. The summed E-state index contributed by atoms with van der Waals surface area (Å²) in [5.41, 5.74) is 0.228. The van der Waals surface area contributed by atoms with Gasteiger partial charge in [0.25, 0.3) is 0 Å². The molecular weight excluding hydrogens is 341 g/mol. The van der Waals surface area contributed by atoms with Crippen LogP contribution in [0.15, 0.2) is 53.4 Å². The SMILES string of the molecule is COC[C@@]1(C#N)[C@H](S(=O)(=O)c2ccc(C)cc2)[C@@H]1c1cccc(F)c1. The molecule has 0 amide bonds. The molecule has 3 rings (SSSR count). The summed E-state index contributed by atoms with van der Waals surface area (Å²) in [7, 11) is -2.33. The smallest absolute Gasteiger partial charge is 0.183 e. The molecule has 2 aromatic rings. The van der Waals surface area contributed by atoms with Gasteiger partial charge in [0.1, 0.15) is 11.2 Å². The Morgan fingerprint density at radius 2 is 1.92 bits per heavy atom. The summed E-state index contributed by atoms with van der Waals surface area (Å²) in [4.78, 5) is 0.165. The predicted octanol–water partition coefficient (Wildman–Crippen LogP) is 3.23. The minimum atomic E-state index is -3.76. The first-order valence-electron chi connectivity index (χ1n) is 7.83. The van der Waals surface area contributed by atoms with Gasteiger partial charge in [-0.15, -0.1) is 0 Å². The maximum Gasteiger partial charge on any atom is 0.183 e. The van der Waals surface area contributed by atoms with Crippen LogP contribution in [0.5, 0.6) is 0 Å². The normalized spacial score (nSPS) is 25.4. The molecule has 0 bridgehead atoms. The van der Waals surface area contributed by atoms with Crippen molar-refractivity contribution in [2.75, 3.05) is 13.7 Å². The van der Waals surface area contributed by atoms with Gasteiger partial charge in [-0.2, -0.15) is 5.26 Å². The van der Waals surface area contributed by atoms with E-state index in [1.165, 1.54) is 25.3 Å². The Balaban J connectivity index is 2.09. The highest BCUT2D eigenvalue weighted by atomic mass is 32.2. The van der Waals surface area contributed by atoms with Crippen molar-refractivity contribution in [2.45, 2.75) is 23.0 Å². The molecule has 0 heterocycles. The van der Waals surface area contributed by atoms with Crippen LogP contribution >= 0.6 is 0 Å². The van der Waals surface area contributed by atoms with Gasteiger partial charge < -0.3 is 4.74 Å². The fourth-order valence-electron chi connectivity index (χ4n) is 3.48. The molecule has 1 aliphatic rings. The lowest BCUT2D eigenvalue weighted by Gasteiger charge is -2.08. The molecule has 1 fully saturated rings. The zero-order valence-electron chi connectivity index (χ0n) is 13.9. The molecule has 1 aliphatic carbocycles. The van der Waals surface area contributed by atoms with Gasteiger partial charge >= 0.3 is 0 Å². The van der Waals surface area contributed by atoms with Gasteiger partial charge in [0.05, 0.1) is 22.8 Å². The molecule has 0 unspecified atom stereocenters. The topological polar surface area (TPSA) is 67.2 Å². The summed E-state index contributed by atoms with van der Waals surface area (Å²) >= 11 is 0. The molecule has 3 atom stereocenters. The summed E-state index contributed by atoms with van der Waals surface area (Å²) in [6, 6.07) is 14.4. The third-order valence-corrected chi connectivity index (χ3v) is 7.03. The van der Waals surface area contributed by atoms with Gasteiger partial charge in [0.2, 0.25) is 0 Å². The Bertz CT molecular complexity index is 934. The summed E-state index contributed by atoms with van der Waals surface area (Å²) in [6.07, 6.45) is 0. The van der Waals surface area contributed by atoms with Gasteiger partial charge in [-0.3, -0.25) is 0 Å². The minimum absolute atomic E-state index is 0.0273. The minimum Gasteiger partial charge on any atom is -0.383 e. The Kier molecular flexibility index (Phi) is 4.40. The molecule has 1 saturated carbocycles. The van der Waals surface area contributed by atoms with Crippen molar-refractivity contribution in [2.24, 2.45) is 5.41 Å². The molecule has 0 aliphatic heterocycles. The third-order valence-electron chi connectivity index (χ3n) is 4.74. The van der Waals surface area contributed by atoms with Crippen molar-refractivity contribution in [1.29, 1.82) is 5.26 Å². The van der Waals surface area contributed by atoms with Gasteiger partial charge in [-0.25, -0.2) is 12.8 Å². The Labute approximate surface area is 146 Å². The zero-order valence-corrected chi connectivity index (χ0v) is 14.8. The van der Waals surface area contributed by atoms with Crippen LogP contribution in [0.3, 0.4) is 0 Å². The monoisotopic (exact) mass is 359 g/mol. The van der Waals surface area contributed by atoms with E-state index < -0.39 is 32.2 Å². The van der Waals surface area contributed by atoms with E-state index in [-0.39, 0.29) is 11.5 Å². The van der Waals surface area contributed by atoms with Crippen molar-refractivity contribution in [3.05, 3.63) is 65.5 Å². The van der Waals surface area contributed by atoms with Gasteiger partial charge in [-0.05, 0) is 36.8 Å². The molecule has 0 spiro atoms. The molecule has 0 N–H and O–H groups in total. The van der Waals surface area contributed by atoms with Crippen molar-refractivity contribution >= 4 is 9.84 Å². The lowest BCUT2D eigenvalue weighted by molar-refractivity contribution is 0.162. The summed E-state index contributed by atoms with van der Waals surface area (Å²) < 4.78 is 45.0. The van der Waals surface area contributed by atoms with E-state index in [4.69, 9.17) is 4.74 Å². The van der Waals surface area contributed by atoms with E-state index >= 15 is 0 Å². The number of methoxy groups -OCH3 is 1. The van der Waals surface area contributed by atoms with Crippen LogP contribution in [-0.4, -0.2) is 27.4 Å². The highest BCUT2D eigenvalue weighted by Crippen LogP contribution is 2.63. The van der Waals surface area contributed by atoms with Crippen LogP contribution in [0.25, 0.3) is 0 Å². The van der Waals surface area contributed by atoms with Crippen LogP contribution in [0, 0.1) is 29.5 Å². The number of aryl methyl sites for hydroxylation is 1. The second-order valence-electron chi connectivity index (χ2n) is 6.40. The largest absolute Gasteiger partial charge is 0.383 e. The van der Waals surface area contributed by atoms with Crippen molar-refractivity contribution in [1.82, 2.24) is 0 Å². The number of nitriles is 1. The maximum atomic E-state index is 13.6. The van der Waals surface area contributed by atoms with E-state index in [0.29, 0.717) is 5.56 Å². The van der Waals surface area contributed by atoms with E-state index in [1.807, 2.05) is 6.92 Å². The Hall–Kier alpha value is -2.23. The van der Waals surface area contributed by atoms with Crippen molar-refractivity contribution < 1.29 is 17.5 Å². The van der Waals surface area contributed by atoms with Crippen LogP contribution in [0.2, 0.25) is 0 Å².